The van der Waals surface area contributed by atoms with Crippen molar-refractivity contribution in [3.05, 3.63) is 36.5 Å². The summed E-state index contributed by atoms with van der Waals surface area (Å²) in [5.41, 5.74) is 0. The molecule has 1 fully saturated rings. The first-order valence-electron chi connectivity index (χ1n) is 6.96. The topological polar surface area (TPSA) is 57.5 Å². The van der Waals surface area contributed by atoms with E-state index >= 15 is 0 Å². The van der Waals surface area contributed by atoms with Crippen molar-refractivity contribution in [1.29, 1.82) is 0 Å². The molecule has 1 saturated carbocycles. The highest BCUT2D eigenvalue weighted by molar-refractivity contribution is 5.66. The second-order valence-electron chi connectivity index (χ2n) is 4.57. The first kappa shape index (κ1) is 17.6. The third kappa shape index (κ3) is 16.6. The van der Waals surface area contributed by atoms with E-state index in [9.17, 15) is 4.79 Å². The van der Waals surface area contributed by atoms with Crippen molar-refractivity contribution >= 4 is 5.97 Å². The molecule has 0 unspecified atom stereocenters. The van der Waals surface area contributed by atoms with Crippen molar-refractivity contribution < 1.29 is 15.0 Å². The summed E-state index contributed by atoms with van der Waals surface area (Å²) in [6.07, 6.45) is 17.5. The quantitative estimate of drug-likeness (QED) is 0.400. The van der Waals surface area contributed by atoms with Gasteiger partial charge >= 0.3 is 5.97 Å². The summed E-state index contributed by atoms with van der Waals surface area (Å²) in [7, 11) is 0. The Labute approximate surface area is 116 Å². The molecule has 1 aliphatic carbocycles. The van der Waals surface area contributed by atoms with E-state index in [1.165, 1.54) is 19.3 Å². The van der Waals surface area contributed by atoms with E-state index in [-0.39, 0.29) is 6.61 Å². The maximum atomic E-state index is 10.1. The summed E-state index contributed by atoms with van der Waals surface area (Å²) in [5.74, 6) is 0.256. The fourth-order valence-electron chi connectivity index (χ4n) is 1.38. The summed E-state index contributed by atoms with van der Waals surface area (Å²) >= 11 is 0. The predicted octanol–water partition coefficient (Wildman–Crippen LogP) is 3.71. The normalized spacial score (nSPS) is 15.1. The summed E-state index contributed by atoms with van der Waals surface area (Å²) in [4.78, 5) is 10.1. The smallest absolute Gasteiger partial charge is 0.303 e. The maximum Gasteiger partial charge on any atom is 0.303 e. The Balaban J connectivity index is 0.000000399. The van der Waals surface area contributed by atoms with Crippen LogP contribution < -0.4 is 0 Å². The molecule has 1 rings (SSSR count). The highest BCUT2D eigenvalue weighted by Crippen LogP contribution is 2.32. The number of aliphatic hydroxyl groups excluding tert-OH is 1. The zero-order valence-corrected chi connectivity index (χ0v) is 11.8. The molecule has 0 atom stereocenters. The standard InChI is InChI=1S/C10H16O2.C6H10O/c11-10(12)6-4-2-1-3-5-9-7-8-9;1-2-3-4-5-6-7/h1,3,9H,2,4-8H2,(H,11,12);2-5,7H,6H2,1H3/b3-1-;3-2-,5-4+. The predicted molar refractivity (Wildman–Crippen MR) is 79.0 cm³/mol. The van der Waals surface area contributed by atoms with Gasteiger partial charge in [-0.25, -0.2) is 0 Å². The van der Waals surface area contributed by atoms with Crippen LogP contribution >= 0.6 is 0 Å². The van der Waals surface area contributed by atoms with Crippen molar-refractivity contribution in [3.63, 3.8) is 0 Å². The fraction of sp³-hybridized carbons (Fsp3) is 0.562. The van der Waals surface area contributed by atoms with Gasteiger partial charge in [0.2, 0.25) is 0 Å². The van der Waals surface area contributed by atoms with E-state index in [2.05, 4.69) is 12.2 Å². The van der Waals surface area contributed by atoms with E-state index in [0.29, 0.717) is 6.42 Å². The number of rotatable bonds is 8. The van der Waals surface area contributed by atoms with Crippen LogP contribution in [0.25, 0.3) is 0 Å². The molecule has 108 valence electrons. The van der Waals surface area contributed by atoms with Crippen molar-refractivity contribution in [3.8, 4) is 0 Å². The molecule has 0 radical (unpaired) electrons. The highest BCUT2D eigenvalue weighted by Gasteiger charge is 2.18. The van der Waals surface area contributed by atoms with E-state index in [1.54, 1.807) is 12.2 Å². The van der Waals surface area contributed by atoms with Crippen LogP contribution in [0.4, 0.5) is 0 Å². The largest absolute Gasteiger partial charge is 0.481 e. The van der Waals surface area contributed by atoms with E-state index in [4.69, 9.17) is 10.2 Å². The van der Waals surface area contributed by atoms with Crippen LogP contribution in [0.15, 0.2) is 36.5 Å². The van der Waals surface area contributed by atoms with E-state index < -0.39 is 5.97 Å². The third-order valence-corrected chi connectivity index (χ3v) is 2.64. The molecule has 0 aromatic carbocycles. The van der Waals surface area contributed by atoms with Crippen LogP contribution in [0.1, 0.15) is 45.4 Å². The highest BCUT2D eigenvalue weighted by atomic mass is 16.4. The Morgan fingerprint density at radius 1 is 1.21 bits per heavy atom. The minimum absolute atomic E-state index is 0.129. The maximum absolute atomic E-state index is 10.1. The van der Waals surface area contributed by atoms with Crippen LogP contribution in [0.5, 0.6) is 0 Å². The molecular formula is C16H26O3. The molecule has 0 heterocycles. The molecule has 1 aliphatic rings. The van der Waals surface area contributed by atoms with Gasteiger partial charge in [-0.15, -0.1) is 0 Å². The second-order valence-corrected chi connectivity index (χ2v) is 4.57. The average molecular weight is 266 g/mol. The first-order valence-corrected chi connectivity index (χ1v) is 6.96. The van der Waals surface area contributed by atoms with Gasteiger partial charge in [0.05, 0.1) is 6.61 Å². The SMILES string of the molecule is C/C=C\C=C\CO.O=C(O)CCC/C=C\CC1CC1. The summed E-state index contributed by atoms with van der Waals surface area (Å²) in [6, 6.07) is 0. The van der Waals surface area contributed by atoms with Crippen molar-refractivity contribution in [2.24, 2.45) is 5.92 Å². The van der Waals surface area contributed by atoms with Crippen LogP contribution in [-0.4, -0.2) is 22.8 Å². The van der Waals surface area contributed by atoms with Gasteiger partial charge in [0, 0.05) is 6.42 Å². The number of carbonyl (C=O) groups is 1. The van der Waals surface area contributed by atoms with Crippen LogP contribution in [-0.2, 0) is 4.79 Å². The number of aliphatic hydroxyl groups is 1. The monoisotopic (exact) mass is 266 g/mol. The van der Waals surface area contributed by atoms with Gasteiger partial charge in [-0.2, -0.15) is 0 Å². The van der Waals surface area contributed by atoms with Gasteiger partial charge in [-0.1, -0.05) is 36.5 Å². The molecular weight excluding hydrogens is 240 g/mol. The van der Waals surface area contributed by atoms with Gasteiger partial charge in [0.15, 0.2) is 0 Å². The van der Waals surface area contributed by atoms with Crippen LogP contribution in [0.2, 0.25) is 0 Å². The Morgan fingerprint density at radius 2 is 1.95 bits per heavy atom. The lowest BCUT2D eigenvalue weighted by Crippen LogP contribution is -1.92. The van der Waals surface area contributed by atoms with Gasteiger partial charge in [-0.3, -0.25) is 4.79 Å². The molecule has 0 aromatic heterocycles. The van der Waals surface area contributed by atoms with Gasteiger partial charge < -0.3 is 10.2 Å². The molecule has 0 spiro atoms. The van der Waals surface area contributed by atoms with Gasteiger partial charge in [-0.05, 0) is 44.9 Å². The molecule has 2 N–H and O–H groups in total. The number of unbranched alkanes of at least 4 members (excludes halogenated alkanes) is 1. The lowest BCUT2D eigenvalue weighted by Gasteiger charge is -1.90. The number of aliphatic carboxylic acids is 1. The Bertz CT molecular complexity index is 299. The van der Waals surface area contributed by atoms with Crippen LogP contribution in [0.3, 0.4) is 0 Å². The molecule has 19 heavy (non-hydrogen) atoms. The number of hydrogen-bond donors (Lipinski definition) is 2. The molecule has 3 heteroatoms. The number of allylic oxidation sites excluding steroid dienone is 5. The van der Waals surface area contributed by atoms with Gasteiger partial charge in [0.25, 0.3) is 0 Å². The number of carboxylic acid groups (broad SMARTS) is 1. The molecule has 3 nitrogen and oxygen atoms in total. The molecule has 0 saturated heterocycles. The van der Waals surface area contributed by atoms with Gasteiger partial charge in [0.1, 0.15) is 0 Å². The van der Waals surface area contributed by atoms with E-state index in [1.807, 2.05) is 19.1 Å². The summed E-state index contributed by atoms with van der Waals surface area (Å²) < 4.78 is 0. The molecule has 0 aliphatic heterocycles. The molecule has 0 bridgehead atoms. The summed E-state index contributed by atoms with van der Waals surface area (Å²) in [6.45, 7) is 2.06. The molecule has 0 amide bonds. The number of carboxylic acids is 1. The average Bonchev–Trinajstić information content (AvgIpc) is 3.19. The second kappa shape index (κ2) is 13.1. The minimum Gasteiger partial charge on any atom is -0.481 e. The third-order valence-electron chi connectivity index (χ3n) is 2.64. The lowest BCUT2D eigenvalue weighted by atomic mass is 10.2. The number of hydrogen-bond acceptors (Lipinski definition) is 2. The first-order chi connectivity index (χ1) is 9.20. The van der Waals surface area contributed by atoms with Crippen molar-refractivity contribution in [2.75, 3.05) is 6.61 Å². The zero-order chi connectivity index (χ0) is 14.3. The van der Waals surface area contributed by atoms with Crippen molar-refractivity contribution in [1.82, 2.24) is 0 Å². The Kier molecular flexibility index (Phi) is 12.2. The zero-order valence-electron chi connectivity index (χ0n) is 11.8. The minimum atomic E-state index is -0.689. The lowest BCUT2D eigenvalue weighted by molar-refractivity contribution is -0.137. The van der Waals surface area contributed by atoms with E-state index in [0.717, 1.165) is 18.8 Å². The Morgan fingerprint density at radius 3 is 2.47 bits per heavy atom. The van der Waals surface area contributed by atoms with Crippen LogP contribution in [0, 0.1) is 5.92 Å². The Hall–Kier alpha value is -1.35. The summed E-state index contributed by atoms with van der Waals surface area (Å²) in [5, 5.41) is 16.5. The van der Waals surface area contributed by atoms with Crippen molar-refractivity contribution in [2.45, 2.75) is 45.4 Å². The fourth-order valence-corrected chi connectivity index (χ4v) is 1.38. The molecule has 0 aromatic rings.